The van der Waals surface area contributed by atoms with Gasteiger partial charge in [-0.3, -0.25) is 4.79 Å². The zero-order chi connectivity index (χ0) is 11.3. The molecular formula is C12H13BrO2. The molecule has 0 fully saturated rings. The van der Waals surface area contributed by atoms with Gasteiger partial charge in [0.05, 0.1) is 10.0 Å². The van der Waals surface area contributed by atoms with Crippen LogP contribution >= 0.6 is 15.9 Å². The van der Waals surface area contributed by atoms with Crippen LogP contribution in [0.3, 0.4) is 0 Å². The third kappa shape index (κ3) is 3.51. The van der Waals surface area contributed by atoms with Gasteiger partial charge in [0.15, 0.2) is 6.29 Å². The highest BCUT2D eigenvalue weighted by molar-refractivity contribution is 9.10. The zero-order valence-electron chi connectivity index (χ0n) is 8.79. The minimum atomic E-state index is 0.478. The Hall–Kier alpha value is -1.09. The molecular weight excluding hydrogens is 256 g/mol. The Morgan fingerprint density at radius 2 is 2.20 bits per heavy atom. The summed E-state index contributed by atoms with van der Waals surface area (Å²) in [6.45, 7) is 4.49. The fourth-order valence-electron chi connectivity index (χ4n) is 1.06. The lowest BCUT2D eigenvalue weighted by atomic mass is 10.2. The SMILES string of the molecule is CC(C)=CCOc1c(Br)cccc1C=O. The molecule has 0 radical (unpaired) electrons. The van der Waals surface area contributed by atoms with Crippen molar-refractivity contribution < 1.29 is 9.53 Å². The Labute approximate surface area is 98.1 Å². The highest BCUT2D eigenvalue weighted by Gasteiger charge is 2.05. The van der Waals surface area contributed by atoms with Gasteiger partial charge in [0, 0.05) is 0 Å². The van der Waals surface area contributed by atoms with Gasteiger partial charge >= 0.3 is 0 Å². The fourth-order valence-corrected chi connectivity index (χ4v) is 1.56. The van der Waals surface area contributed by atoms with Crippen molar-refractivity contribution in [3.8, 4) is 5.75 Å². The summed E-state index contributed by atoms with van der Waals surface area (Å²) < 4.78 is 6.32. The number of para-hydroxylation sites is 1. The van der Waals surface area contributed by atoms with E-state index in [0.717, 1.165) is 10.8 Å². The molecule has 0 bridgehead atoms. The Balaban J connectivity index is 2.83. The summed E-state index contributed by atoms with van der Waals surface area (Å²) in [5, 5.41) is 0. The van der Waals surface area contributed by atoms with E-state index in [2.05, 4.69) is 15.9 Å². The molecule has 0 aromatic heterocycles. The van der Waals surface area contributed by atoms with Gasteiger partial charge < -0.3 is 4.74 Å². The van der Waals surface area contributed by atoms with Crippen molar-refractivity contribution in [2.24, 2.45) is 0 Å². The summed E-state index contributed by atoms with van der Waals surface area (Å²) in [6.07, 6.45) is 2.76. The molecule has 0 atom stereocenters. The van der Waals surface area contributed by atoms with Crippen LogP contribution in [-0.4, -0.2) is 12.9 Å². The molecule has 1 aromatic rings. The lowest BCUT2D eigenvalue weighted by molar-refractivity contribution is 0.112. The molecule has 1 aromatic carbocycles. The first-order valence-corrected chi connectivity index (χ1v) is 5.44. The van der Waals surface area contributed by atoms with Gasteiger partial charge in [-0.1, -0.05) is 11.6 Å². The van der Waals surface area contributed by atoms with E-state index in [1.165, 1.54) is 5.57 Å². The maximum absolute atomic E-state index is 10.8. The van der Waals surface area contributed by atoms with Gasteiger partial charge in [-0.15, -0.1) is 0 Å². The van der Waals surface area contributed by atoms with E-state index in [1.807, 2.05) is 32.1 Å². The van der Waals surface area contributed by atoms with Gasteiger partial charge in [-0.25, -0.2) is 0 Å². The Kier molecular flexibility index (Phi) is 4.56. The molecule has 0 saturated heterocycles. The first-order chi connectivity index (χ1) is 7.15. The third-order valence-corrected chi connectivity index (χ3v) is 2.47. The number of rotatable bonds is 4. The van der Waals surface area contributed by atoms with Crippen LogP contribution in [0.2, 0.25) is 0 Å². The number of carbonyl (C=O) groups is 1. The Morgan fingerprint density at radius 3 is 2.80 bits per heavy atom. The van der Waals surface area contributed by atoms with E-state index in [0.29, 0.717) is 17.9 Å². The van der Waals surface area contributed by atoms with Crippen LogP contribution in [0.5, 0.6) is 5.75 Å². The normalized spacial score (nSPS) is 9.53. The summed E-state index contributed by atoms with van der Waals surface area (Å²) in [5.74, 6) is 0.602. The number of allylic oxidation sites excluding steroid dienone is 1. The van der Waals surface area contributed by atoms with E-state index >= 15 is 0 Å². The average molecular weight is 269 g/mol. The summed E-state index contributed by atoms with van der Waals surface area (Å²) in [6, 6.07) is 5.39. The molecule has 0 aliphatic rings. The van der Waals surface area contributed by atoms with E-state index in [-0.39, 0.29) is 0 Å². The molecule has 1 rings (SSSR count). The number of carbonyl (C=O) groups excluding carboxylic acids is 1. The molecule has 15 heavy (non-hydrogen) atoms. The van der Waals surface area contributed by atoms with E-state index in [1.54, 1.807) is 6.07 Å². The summed E-state index contributed by atoms with van der Waals surface area (Å²) in [5.41, 5.74) is 1.75. The first-order valence-electron chi connectivity index (χ1n) is 4.65. The maximum atomic E-state index is 10.8. The zero-order valence-corrected chi connectivity index (χ0v) is 10.4. The van der Waals surface area contributed by atoms with Crippen molar-refractivity contribution >= 4 is 22.2 Å². The summed E-state index contributed by atoms with van der Waals surface area (Å²) >= 11 is 3.35. The van der Waals surface area contributed by atoms with Crippen LogP contribution in [0.15, 0.2) is 34.3 Å². The smallest absolute Gasteiger partial charge is 0.153 e. The topological polar surface area (TPSA) is 26.3 Å². The second kappa shape index (κ2) is 5.71. The molecule has 3 heteroatoms. The number of hydrogen-bond acceptors (Lipinski definition) is 2. The molecule has 0 spiro atoms. The highest BCUT2D eigenvalue weighted by Crippen LogP contribution is 2.27. The van der Waals surface area contributed by atoms with E-state index in [4.69, 9.17) is 4.74 Å². The second-order valence-electron chi connectivity index (χ2n) is 3.37. The third-order valence-electron chi connectivity index (χ3n) is 1.84. The molecule has 0 N–H and O–H groups in total. The van der Waals surface area contributed by atoms with Crippen molar-refractivity contribution in [3.63, 3.8) is 0 Å². The number of halogens is 1. The van der Waals surface area contributed by atoms with Crippen molar-refractivity contribution in [1.29, 1.82) is 0 Å². The minimum absolute atomic E-state index is 0.478. The molecule has 0 heterocycles. The molecule has 0 saturated carbocycles. The van der Waals surface area contributed by atoms with Crippen LogP contribution in [0, 0.1) is 0 Å². The molecule has 2 nitrogen and oxygen atoms in total. The van der Waals surface area contributed by atoms with Crippen molar-refractivity contribution in [2.75, 3.05) is 6.61 Å². The first kappa shape index (κ1) is 12.0. The van der Waals surface area contributed by atoms with Crippen LogP contribution in [-0.2, 0) is 0 Å². The molecule has 0 unspecified atom stereocenters. The van der Waals surface area contributed by atoms with Gasteiger partial charge in [-0.05, 0) is 48.0 Å². The van der Waals surface area contributed by atoms with Crippen molar-refractivity contribution in [2.45, 2.75) is 13.8 Å². The van der Waals surface area contributed by atoms with Crippen molar-refractivity contribution in [3.05, 3.63) is 39.9 Å². The maximum Gasteiger partial charge on any atom is 0.153 e. The quantitative estimate of drug-likeness (QED) is 0.616. The predicted molar refractivity (Wildman–Crippen MR) is 64.5 cm³/mol. The molecule has 0 aliphatic heterocycles. The average Bonchev–Trinajstić information content (AvgIpc) is 2.20. The number of benzene rings is 1. The van der Waals surface area contributed by atoms with Crippen LogP contribution < -0.4 is 4.74 Å². The fraction of sp³-hybridized carbons (Fsp3) is 0.250. The Morgan fingerprint density at radius 1 is 1.47 bits per heavy atom. The number of hydrogen-bond donors (Lipinski definition) is 0. The van der Waals surface area contributed by atoms with E-state index < -0.39 is 0 Å². The van der Waals surface area contributed by atoms with E-state index in [9.17, 15) is 4.79 Å². The van der Waals surface area contributed by atoms with Gasteiger partial charge in [0.25, 0.3) is 0 Å². The standard InChI is InChI=1S/C12H13BrO2/c1-9(2)6-7-15-12-10(8-14)4-3-5-11(12)13/h3-6,8H,7H2,1-2H3. The van der Waals surface area contributed by atoms with Crippen LogP contribution in [0.4, 0.5) is 0 Å². The minimum Gasteiger partial charge on any atom is -0.488 e. The number of ether oxygens (including phenoxy) is 1. The van der Waals surface area contributed by atoms with Gasteiger partial charge in [0.1, 0.15) is 12.4 Å². The van der Waals surface area contributed by atoms with Gasteiger partial charge in [-0.2, -0.15) is 0 Å². The monoisotopic (exact) mass is 268 g/mol. The largest absolute Gasteiger partial charge is 0.488 e. The van der Waals surface area contributed by atoms with Crippen molar-refractivity contribution in [1.82, 2.24) is 0 Å². The summed E-state index contributed by atoms with van der Waals surface area (Å²) in [4.78, 5) is 10.8. The predicted octanol–water partition coefficient (Wildman–Crippen LogP) is 3.61. The number of aldehydes is 1. The van der Waals surface area contributed by atoms with Crippen LogP contribution in [0.1, 0.15) is 24.2 Å². The Bertz CT molecular complexity index is 379. The lowest BCUT2D eigenvalue weighted by Crippen LogP contribution is -1.98. The second-order valence-corrected chi connectivity index (χ2v) is 4.22. The summed E-state index contributed by atoms with van der Waals surface area (Å²) in [7, 11) is 0. The molecule has 0 amide bonds. The lowest BCUT2D eigenvalue weighted by Gasteiger charge is -2.08. The molecule has 80 valence electrons. The van der Waals surface area contributed by atoms with Gasteiger partial charge in [0.2, 0.25) is 0 Å². The highest BCUT2D eigenvalue weighted by atomic mass is 79.9. The van der Waals surface area contributed by atoms with Crippen LogP contribution in [0.25, 0.3) is 0 Å². The molecule has 0 aliphatic carbocycles.